The molecule has 0 saturated carbocycles. The van der Waals surface area contributed by atoms with Crippen LogP contribution in [0.2, 0.25) is 0 Å². The molecule has 0 N–H and O–H groups in total. The molecule has 0 spiro atoms. The van der Waals surface area contributed by atoms with Crippen molar-refractivity contribution in [1.29, 1.82) is 0 Å². The topological polar surface area (TPSA) is 13.1 Å². The van der Waals surface area contributed by atoms with Gasteiger partial charge in [-0.3, -0.25) is 0 Å². The van der Waals surface area contributed by atoms with Gasteiger partial charge in [-0.15, -0.1) is 0 Å². The van der Waals surface area contributed by atoms with Gasteiger partial charge in [0.25, 0.3) is 0 Å². The van der Waals surface area contributed by atoms with Crippen LogP contribution in [0.15, 0.2) is 45.7 Å². The maximum atomic E-state index is 12.3. The van der Waals surface area contributed by atoms with Crippen LogP contribution >= 0.6 is 15.9 Å². The van der Waals surface area contributed by atoms with E-state index >= 15 is 0 Å². The molecule has 0 saturated heterocycles. The minimum atomic E-state index is -4.30. The molecule has 5 heteroatoms. The van der Waals surface area contributed by atoms with Gasteiger partial charge in [0.05, 0.1) is 11.8 Å². The highest BCUT2D eigenvalue weighted by Gasteiger charge is 2.29. The molecule has 0 bridgehead atoms. The summed E-state index contributed by atoms with van der Waals surface area (Å²) in [4.78, 5) is 0. The average Bonchev–Trinajstić information content (AvgIpc) is 2.64. The molecule has 0 atom stereocenters. The lowest BCUT2D eigenvalue weighted by molar-refractivity contribution is -0.137. The van der Waals surface area contributed by atoms with Crippen LogP contribution in [-0.2, 0) is 6.18 Å². The smallest absolute Gasteiger partial charge is 0.416 e. The zero-order chi connectivity index (χ0) is 11.8. The molecule has 0 aliphatic heterocycles. The number of halogens is 4. The van der Waals surface area contributed by atoms with Gasteiger partial charge in [-0.25, -0.2) is 0 Å². The first-order valence-electron chi connectivity index (χ1n) is 4.38. The second kappa shape index (κ2) is 3.97. The summed E-state index contributed by atoms with van der Waals surface area (Å²) in [6.07, 6.45) is -2.82. The van der Waals surface area contributed by atoms with Gasteiger partial charge in [0.2, 0.25) is 0 Å². The molecule has 0 unspecified atom stereocenters. The molecule has 0 fully saturated rings. The lowest BCUT2D eigenvalue weighted by Gasteiger charge is -2.06. The second-order valence-corrected chi connectivity index (χ2v) is 4.00. The summed E-state index contributed by atoms with van der Waals surface area (Å²) < 4.78 is 42.5. The fraction of sp³-hybridized carbons (Fsp3) is 0.0909. The van der Waals surface area contributed by atoms with E-state index in [4.69, 9.17) is 4.42 Å². The molecular weight excluding hydrogens is 285 g/mol. The van der Waals surface area contributed by atoms with E-state index < -0.39 is 11.7 Å². The van der Waals surface area contributed by atoms with Crippen molar-refractivity contribution in [3.63, 3.8) is 0 Å². The van der Waals surface area contributed by atoms with E-state index in [1.54, 1.807) is 6.07 Å². The van der Waals surface area contributed by atoms with Crippen molar-refractivity contribution in [2.24, 2.45) is 0 Å². The van der Waals surface area contributed by atoms with E-state index in [9.17, 15) is 13.2 Å². The SMILES string of the molecule is FC(F)(F)c1ccc(-c2coc(Br)c2)cc1. The van der Waals surface area contributed by atoms with Gasteiger partial charge >= 0.3 is 6.18 Å². The van der Waals surface area contributed by atoms with Crippen LogP contribution in [-0.4, -0.2) is 0 Å². The van der Waals surface area contributed by atoms with Gasteiger partial charge in [0.15, 0.2) is 4.67 Å². The van der Waals surface area contributed by atoms with Gasteiger partial charge in [-0.2, -0.15) is 13.2 Å². The lowest BCUT2D eigenvalue weighted by atomic mass is 10.1. The van der Waals surface area contributed by atoms with E-state index in [2.05, 4.69) is 15.9 Å². The minimum absolute atomic E-state index is 0.544. The third kappa shape index (κ3) is 2.29. The first-order valence-corrected chi connectivity index (χ1v) is 5.18. The number of rotatable bonds is 1. The number of hydrogen-bond acceptors (Lipinski definition) is 1. The van der Waals surface area contributed by atoms with Gasteiger partial charge in [-0.05, 0) is 39.7 Å². The van der Waals surface area contributed by atoms with Crippen molar-refractivity contribution in [3.8, 4) is 11.1 Å². The van der Waals surface area contributed by atoms with Gasteiger partial charge < -0.3 is 4.42 Å². The third-order valence-electron chi connectivity index (χ3n) is 2.11. The van der Waals surface area contributed by atoms with Crippen LogP contribution in [0, 0.1) is 0 Å². The Bertz CT molecular complexity index is 485. The summed E-state index contributed by atoms with van der Waals surface area (Å²) in [5.41, 5.74) is 0.766. The van der Waals surface area contributed by atoms with Crippen molar-refractivity contribution in [2.45, 2.75) is 6.18 Å². The largest absolute Gasteiger partial charge is 0.457 e. The summed E-state index contributed by atoms with van der Waals surface area (Å²) in [5, 5.41) is 0. The first kappa shape index (κ1) is 11.3. The normalized spacial score (nSPS) is 11.8. The molecule has 0 amide bonds. The molecule has 2 rings (SSSR count). The standard InChI is InChI=1S/C11H6BrF3O/c12-10-5-8(6-16-10)7-1-3-9(4-2-7)11(13,14)15/h1-6H. The third-order valence-corrected chi connectivity index (χ3v) is 2.53. The van der Waals surface area contributed by atoms with Crippen molar-refractivity contribution in [2.75, 3.05) is 0 Å². The zero-order valence-electron chi connectivity index (χ0n) is 7.88. The van der Waals surface area contributed by atoms with E-state index in [1.165, 1.54) is 18.4 Å². The molecule has 1 heterocycles. The van der Waals surface area contributed by atoms with Crippen LogP contribution in [0.3, 0.4) is 0 Å². The second-order valence-electron chi connectivity index (χ2n) is 3.21. The van der Waals surface area contributed by atoms with Crippen molar-refractivity contribution in [3.05, 3.63) is 46.8 Å². The fourth-order valence-corrected chi connectivity index (χ4v) is 1.65. The summed E-state index contributed by atoms with van der Waals surface area (Å²) >= 11 is 3.13. The predicted octanol–water partition coefficient (Wildman–Crippen LogP) is 4.73. The average molecular weight is 291 g/mol. The summed E-state index contributed by atoms with van der Waals surface area (Å²) in [6.45, 7) is 0. The Kier molecular flexibility index (Phi) is 2.80. The Hall–Kier alpha value is -1.23. The Balaban J connectivity index is 2.33. The van der Waals surface area contributed by atoms with Crippen LogP contribution in [0.25, 0.3) is 11.1 Å². The molecule has 0 radical (unpaired) electrons. The van der Waals surface area contributed by atoms with E-state index in [1.807, 2.05) is 0 Å². The molecule has 0 aliphatic carbocycles. The Morgan fingerprint density at radius 2 is 1.62 bits per heavy atom. The van der Waals surface area contributed by atoms with E-state index in [-0.39, 0.29) is 0 Å². The van der Waals surface area contributed by atoms with E-state index in [0.29, 0.717) is 10.2 Å². The Labute approximate surface area is 98.0 Å². The number of hydrogen-bond donors (Lipinski definition) is 0. The Morgan fingerprint density at radius 3 is 2.06 bits per heavy atom. The molecule has 1 nitrogen and oxygen atoms in total. The van der Waals surface area contributed by atoms with E-state index in [0.717, 1.165) is 17.7 Å². The molecule has 2 aromatic rings. The van der Waals surface area contributed by atoms with Crippen molar-refractivity contribution < 1.29 is 17.6 Å². The molecule has 1 aromatic carbocycles. The lowest BCUT2D eigenvalue weighted by Crippen LogP contribution is -2.03. The highest BCUT2D eigenvalue weighted by atomic mass is 79.9. The maximum absolute atomic E-state index is 12.3. The summed E-state index contributed by atoms with van der Waals surface area (Å²) in [6, 6.07) is 6.63. The number of furan rings is 1. The molecule has 16 heavy (non-hydrogen) atoms. The summed E-state index contributed by atoms with van der Waals surface area (Å²) in [5.74, 6) is 0. The Morgan fingerprint density at radius 1 is 1.00 bits per heavy atom. The summed E-state index contributed by atoms with van der Waals surface area (Å²) in [7, 11) is 0. The minimum Gasteiger partial charge on any atom is -0.457 e. The molecule has 1 aromatic heterocycles. The van der Waals surface area contributed by atoms with Gasteiger partial charge in [0.1, 0.15) is 0 Å². The molecule has 0 aliphatic rings. The highest BCUT2D eigenvalue weighted by Crippen LogP contribution is 2.31. The molecule has 84 valence electrons. The zero-order valence-corrected chi connectivity index (χ0v) is 9.47. The number of benzene rings is 1. The quantitative estimate of drug-likeness (QED) is 0.740. The monoisotopic (exact) mass is 290 g/mol. The maximum Gasteiger partial charge on any atom is 0.416 e. The van der Waals surface area contributed by atoms with Crippen LogP contribution in [0.4, 0.5) is 13.2 Å². The van der Waals surface area contributed by atoms with Crippen LogP contribution < -0.4 is 0 Å². The van der Waals surface area contributed by atoms with Crippen LogP contribution in [0.1, 0.15) is 5.56 Å². The predicted molar refractivity (Wildman–Crippen MR) is 56.8 cm³/mol. The molecular formula is C11H6BrF3O. The first-order chi connectivity index (χ1) is 7.47. The number of alkyl halides is 3. The van der Waals surface area contributed by atoms with Gasteiger partial charge in [-0.1, -0.05) is 12.1 Å². The van der Waals surface area contributed by atoms with Gasteiger partial charge in [0, 0.05) is 5.56 Å². The van der Waals surface area contributed by atoms with Crippen molar-refractivity contribution >= 4 is 15.9 Å². The van der Waals surface area contributed by atoms with Crippen LogP contribution in [0.5, 0.6) is 0 Å². The fourth-order valence-electron chi connectivity index (χ4n) is 1.31. The van der Waals surface area contributed by atoms with Crippen molar-refractivity contribution in [1.82, 2.24) is 0 Å². The highest BCUT2D eigenvalue weighted by molar-refractivity contribution is 9.10.